The third kappa shape index (κ3) is 2.14. The van der Waals surface area contributed by atoms with Gasteiger partial charge in [0.1, 0.15) is 30.5 Å². The van der Waals surface area contributed by atoms with E-state index in [1.54, 1.807) is 18.5 Å². The first-order chi connectivity index (χ1) is 10.0. The van der Waals surface area contributed by atoms with Crippen LogP contribution in [0, 0.1) is 6.92 Å². The Morgan fingerprint density at radius 3 is 2.86 bits per heavy atom. The Hall–Kier alpha value is -1.81. The molecule has 21 heavy (non-hydrogen) atoms. The SMILES string of the molecule is CNC[C@H]1O[C@@H](n2c(C)nc3c(N)ncnc32)C(O)C1O. The summed E-state index contributed by atoms with van der Waals surface area (Å²) in [6.07, 6.45) is -2.00. The summed E-state index contributed by atoms with van der Waals surface area (Å²) in [5.74, 6) is 0.847. The normalized spacial score (nSPS) is 29.3. The third-order valence-electron chi connectivity index (χ3n) is 3.68. The van der Waals surface area contributed by atoms with Crippen molar-refractivity contribution >= 4 is 17.0 Å². The van der Waals surface area contributed by atoms with E-state index in [4.69, 9.17) is 10.5 Å². The van der Waals surface area contributed by atoms with Crippen LogP contribution in [0.3, 0.4) is 0 Å². The molecule has 1 saturated heterocycles. The first-order valence-corrected chi connectivity index (χ1v) is 6.65. The highest BCUT2D eigenvalue weighted by atomic mass is 16.6. The number of nitrogens with two attached hydrogens (primary N) is 1. The lowest BCUT2D eigenvalue weighted by Gasteiger charge is -2.18. The highest BCUT2D eigenvalue weighted by molar-refractivity contribution is 5.81. The van der Waals surface area contributed by atoms with Crippen LogP contribution in [0.1, 0.15) is 12.1 Å². The van der Waals surface area contributed by atoms with Gasteiger partial charge in [-0.3, -0.25) is 4.57 Å². The van der Waals surface area contributed by atoms with E-state index in [2.05, 4.69) is 20.3 Å². The van der Waals surface area contributed by atoms with Crippen molar-refractivity contribution in [3.63, 3.8) is 0 Å². The van der Waals surface area contributed by atoms with Gasteiger partial charge in [-0.15, -0.1) is 0 Å². The van der Waals surface area contributed by atoms with Crippen molar-refractivity contribution in [1.29, 1.82) is 0 Å². The number of aliphatic hydroxyl groups is 2. The Kier molecular flexibility index (Phi) is 3.49. The average molecular weight is 294 g/mol. The summed E-state index contributed by atoms with van der Waals surface area (Å²) >= 11 is 0. The predicted octanol–water partition coefficient (Wildman–Crippen LogP) is -1.44. The van der Waals surface area contributed by atoms with E-state index >= 15 is 0 Å². The minimum absolute atomic E-state index is 0.265. The van der Waals surface area contributed by atoms with Crippen LogP contribution in [-0.4, -0.2) is 61.6 Å². The summed E-state index contributed by atoms with van der Waals surface area (Å²) in [5, 5.41) is 23.2. The number of rotatable bonds is 3. The molecule has 0 spiro atoms. The third-order valence-corrected chi connectivity index (χ3v) is 3.68. The Balaban J connectivity index is 2.05. The summed E-state index contributed by atoms with van der Waals surface area (Å²) in [5.41, 5.74) is 6.71. The number of imidazole rings is 1. The number of nitrogens with zero attached hydrogens (tertiary/aromatic N) is 4. The maximum Gasteiger partial charge on any atom is 0.167 e. The topological polar surface area (TPSA) is 131 Å². The number of aromatic nitrogens is 4. The van der Waals surface area contributed by atoms with Gasteiger partial charge in [-0.1, -0.05) is 0 Å². The molecule has 4 atom stereocenters. The highest BCUT2D eigenvalue weighted by Crippen LogP contribution is 2.33. The van der Waals surface area contributed by atoms with Crippen molar-refractivity contribution in [2.24, 2.45) is 0 Å². The van der Waals surface area contributed by atoms with Crippen molar-refractivity contribution < 1.29 is 14.9 Å². The second kappa shape index (κ2) is 5.19. The number of anilines is 1. The molecule has 2 unspecified atom stereocenters. The van der Waals surface area contributed by atoms with Crippen molar-refractivity contribution in [2.45, 2.75) is 31.5 Å². The van der Waals surface area contributed by atoms with Crippen molar-refractivity contribution in [3.8, 4) is 0 Å². The number of hydrogen-bond donors (Lipinski definition) is 4. The van der Waals surface area contributed by atoms with Gasteiger partial charge in [0.05, 0.1) is 0 Å². The molecule has 9 heteroatoms. The van der Waals surface area contributed by atoms with E-state index in [0.29, 0.717) is 23.5 Å². The number of hydrogen-bond acceptors (Lipinski definition) is 8. The minimum atomic E-state index is -1.07. The predicted molar refractivity (Wildman–Crippen MR) is 74.3 cm³/mol. The van der Waals surface area contributed by atoms with E-state index < -0.39 is 24.5 Å². The second-order valence-corrected chi connectivity index (χ2v) is 5.06. The number of aliphatic hydroxyl groups excluding tert-OH is 2. The zero-order valence-electron chi connectivity index (χ0n) is 11.8. The summed E-state index contributed by atoms with van der Waals surface area (Å²) in [7, 11) is 1.75. The van der Waals surface area contributed by atoms with Crippen LogP contribution in [0.15, 0.2) is 6.33 Å². The lowest BCUT2D eigenvalue weighted by molar-refractivity contribution is -0.0348. The van der Waals surface area contributed by atoms with Crippen LogP contribution in [0.25, 0.3) is 11.2 Å². The van der Waals surface area contributed by atoms with Crippen LogP contribution >= 0.6 is 0 Å². The van der Waals surface area contributed by atoms with Gasteiger partial charge in [-0.05, 0) is 14.0 Å². The van der Waals surface area contributed by atoms with E-state index in [0.717, 1.165) is 0 Å². The van der Waals surface area contributed by atoms with Gasteiger partial charge in [0.15, 0.2) is 23.2 Å². The fourth-order valence-corrected chi connectivity index (χ4v) is 2.65. The standard InChI is InChI=1S/C12H18N6O3/c1-5-17-7-10(13)15-4-16-11(7)18(5)12-9(20)8(19)6(21-12)3-14-2/h4,6,8-9,12,14,19-20H,3H2,1-2H3,(H2,13,15,16)/t6-,8?,9?,12-/m1/s1. The molecule has 0 aliphatic carbocycles. The first kappa shape index (κ1) is 14.1. The minimum Gasteiger partial charge on any atom is -0.387 e. The average Bonchev–Trinajstić information content (AvgIpc) is 2.92. The highest BCUT2D eigenvalue weighted by Gasteiger charge is 2.44. The summed E-state index contributed by atoms with van der Waals surface area (Å²) in [6, 6.07) is 0. The van der Waals surface area contributed by atoms with Gasteiger partial charge < -0.3 is 26.0 Å². The van der Waals surface area contributed by atoms with Crippen molar-refractivity contribution in [1.82, 2.24) is 24.8 Å². The summed E-state index contributed by atoms with van der Waals surface area (Å²) < 4.78 is 7.39. The number of likely N-dealkylation sites (N-methyl/N-ethyl adjacent to an activating group) is 1. The molecule has 2 aromatic heterocycles. The zero-order chi connectivity index (χ0) is 15.1. The molecule has 1 aliphatic rings. The molecule has 0 bridgehead atoms. The smallest absolute Gasteiger partial charge is 0.167 e. The molecule has 114 valence electrons. The molecular formula is C12H18N6O3. The fraction of sp³-hybridized carbons (Fsp3) is 0.583. The molecule has 5 N–H and O–H groups in total. The summed E-state index contributed by atoms with van der Waals surface area (Å²) in [4.78, 5) is 12.4. The first-order valence-electron chi connectivity index (χ1n) is 6.65. The van der Waals surface area contributed by atoms with Crippen molar-refractivity contribution in [3.05, 3.63) is 12.2 Å². The molecule has 0 radical (unpaired) electrons. The Morgan fingerprint density at radius 2 is 2.14 bits per heavy atom. The summed E-state index contributed by atoms with van der Waals surface area (Å²) in [6.45, 7) is 2.19. The van der Waals surface area contributed by atoms with Gasteiger partial charge in [0.2, 0.25) is 0 Å². The largest absolute Gasteiger partial charge is 0.387 e. The second-order valence-electron chi connectivity index (χ2n) is 5.06. The number of ether oxygens (including phenoxy) is 1. The van der Waals surface area contributed by atoms with E-state index in [9.17, 15) is 10.2 Å². The monoisotopic (exact) mass is 294 g/mol. The lowest BCUT2D eigenvalue weighted by Crippen LogP contribution is -2.36. The van der Waals surface area contributed by atoms with E-state index in [-0.39, 0.29) is 5.82 Å². The maximum absolute atomic E-state index is 10.3. The molecule has 1 aliphatic heterocycles. The van der Waals surface area contributed by atoms with E-state index in [1.165, 1.54) is 6.33 Å². The van der Waals surface area contributed by atoms with Crippen LogP contribution < -0.4 is 11.1 Å². The van der Waals surface area contributed by atoms with Crippen molar-refractivity contribution in [2.75, 3.05) is 19.3 Å². The number of aryl methyl sites for hydroxylation is 1. The molecular weight excluding hydrogens is 276 g/mol. The Labute approximate surface area is 120 Å². The molecule has 3 rings (SSSR count). The molecule has 0 amide bonds. The lowest BCUT2D eigenvalue weighted by atomic mass is 10.1. The quantitative estimate of drug-likeness (QED) is 0.541. The molecule has 9 nitrogen and oxygen atoms in total. The van der Waals surface area contributed by atoms with Crippen LogP contribution in [0.4, 0.5) is 5.82 Å². The molecule has 0 saturated carbocycles. The molecule has 0 aromatic carbocycles. The molecule has 2 aromatic rings. The van der Waals surface area contributed by atoms with Gasteiger partial charge in [-0.25, -0.2) is 15.0 Å². The number of nitrogens with one attached hydrogen (secondary N) is 1. The Bertz CT molecular complexity index is 660. The van der Waals surface area contributed by atoms with Gasteiger partial charge in [0, 0.05) is 6.54 Å². The molecule has 3 heterocycles. The van der Waals surface area contributed by atoms with Crippen LogP contribution in [0.2, 0.25) is 0 Å². The van der Waals surface area contributed by atoms with Gasteiger partial charge in [0.25, 0.3) is 0 Å². The molecule has 1 fully saturated rings. The maximum atomic E-state index is 10.3. The number of fused-ring (bicyclic) bond motifs is 1. The fourth-order valence-electron chi connectivity index (χ4n) is 2.65. The van der Waals surface area contributed by atoms with Gasteiger partial charge in [-0.2, -0.15) is 0 Å². The van der Waals surface area contributed by atoms with Crippen LogP contribution in [0.5, 0.6) is 0 Å². The zero-order valence-corrected chi connectivity index (χ0v) is 11.8. The van der Waals surface area contributed by atoms with E-state index in [1.807, 2.05) is 0 Å². The Morgan fingerprint density at radius 1 is 1.38 bits per heavy atom. The van der Waals surface area contributed by atoms with Crippen LogP contribution in [-0.2, 0) is 4.74 Å². The number of nitrogen functional groups attached to an aromatic ring is 1. The van der Waals surface area contributed by atoms with Gasteiger partial charge >= 0.3 is 0 Å².